The number of anilines is 1. The van der Waals surface area contributed by atoms with Crippen LogP contribution < -0.4 is 10.6 Å². The van der Waals surface area contributed by atoms with Gasteiger partial charge in [-0.2, -0.15) is 0 Å². The predicted octanol–water partition coefficient (Wildman–Crippen LogP) is 0.602. The highest BCUT2D eigenvalue weighted by atomic mass is 16.4. The maximum Gasteiger partial charge on any atom is 0.297 e. The summed E-state index contributed by atoms with van der Waals surface area (Å²) in [6.45, 7) is 1.92. The van der Waals surface area contributed by atoms with E-state index in [-0.39, 0.29) is 0 Å². The Bertz CT molecular complexity index is 226. The van der Waals surface area contributed by atoms with Gasteiger partial charge in [-0.25, -0.2) is 4.98 Å². The van der Waals surface area contributed by atoms with Gasteiger partial charge in [0.25, 0.3) is 6.01 Å². The minimum Gasteiger partial charge on any atom is -0.432 e. The minimum atomic E-state index is 0.358. The zero-order chi connectivity index (χ0) is 8.39. The average molecular weight is 167 g/mol. The van der Waals surface area contributed by atoms with E-state index in [1.807, 2.05) is 0 Å². The van der Waals surface area contributed by atoms with E-state index < -0.39 is 0 Å². The summed E-state index contributed by atoms with van der Waals surface area (Å²) in [5.41, 5.74) is 5.77. The lowest BCUT2D eigenvalue weighted by molar-refractivity contribution is 0.457. The van der Waals surface area contributed by atoms with Gasteiger partial charge in [0.05, 0.1) is 6.20 Å². The Morgan fingerprint density at radius 1 is 1.50 bits per heavy atom. The first-order valence-electron chi connectivity index (χ1n) is 4.26. The molecular formula is C8H13N3O. The summed E-state index contributed by atoms with van der Waals surface area (Å²) in [4.78, 5) is 6.21. The molecule has 1 aromatic rings. The second-order valence-corrected chi connectivity index (χ2v) is 3.14. The third-order valence-electron chi connectivity index (χ3n) is 2.23. The average Bonchev–Trinajstić information content (AvgIpc) is 2.58. The molecule has 0 unspecified atom stereocenters. The molecule has 0 atom stereocenters. The van der Waals surface area contributed by atoms with E-state index in [9.17, 15) is 0 Å². The van der Waals surface area contributed by atoms with Crippen LogP contribution in [0.3, 0.4) is 0 Å². The summed E-state index contributed by atoms with van der Waals surface area (Å²) in [6, 6.07) is 1.08. The van der Waals surface area contributed by atoms with Gasteiger partial charge in [-0.05, 0) is 12.8 Å². The third-order valence-corrected chi connectivity index (χ3v) is 2.23. The summed E-state index contributed by atoms with van der Waals surface area (Å²) in [5.74, 6) is 0. The van der Waals surface area contributed by atoms with Gasteiger partial charge >= 0.3 is 0 Å². The van der Waals surface area contributed by atoms with Crippen LogP contribution in [-0.4, -0.2) is 24.1 Å². The van der Waals surface area contributed by atoms with Crippen LogP contribution in [-0.2, 0) is 0 Å². The van der Waals surface area contributed by atoms with Gasteiger partial charge in [-0.15, -0.1) is 0 Å². The third kappa shape index (κ3) is 1.43. The highest BCUT2D eigenvalue weighted by Crippen LogP contribution is 2.16. The molecule has 0 bridgehead atoms. The van der Waals surface area contributed by atoms with Crippen molar-refractivity contribution in [3.05, 3.63) is 12.5 Å². The van der Waals surface area contributed by atoms with Crippen LogP contribution in [0.5, 0.6) is 0 Å². The van der Waals surface area contributed by atoms with Gasteiger partial charge in [0.1, 0.15) is 6.26 Å². The van der Waals surface area contributed by atoms with Crippen molar-refractivity contribution in [3.8, 4) is 0 Å². The fraction of sp³-hybridized carbons (Fsp3) is 0.625. The molecule has 2 heterocycles. The van der Waals surface area contributed by atoms with Gasteiger partial charge in [0.2, 0.25) is 0 Å². The monoisotopic (exact) mass is 167 g/mol. The normalized spacial score (nSPS) is 19.9. The fourth-order valence-corrected chi connectivity index (χ4v) is 1.46. The quantitative estimate of drug-likeness (QED) is 0.665. The van der Waals surface area contributed by atoms with E-state index in [1.165, 1.54) is 0 Å². The lowest BCUT2D eigenvalue weighted by Crippen LogP contribution is -2.39. The molecule has 0 saturated carbocycles. The lowest BCUT2D eigenvalue weighted by atomic mass is 10.1. The van der Waals surface area contributed by atoms with Crippen molar-refractivity contribution in [3.63, 3.8) is 0 Å². The predicted molar refractivity (Wildman–Crippen MR) is 45.9 cm³/mol. The van der Waals surface area contributed by atoms with Gasteiger partial charge in [-0.3, -0.25) is 0 Å². The van der Waals surface area contributed by atoms with E-state index in [4.69, 9.17) is 10.2 Å². The summed E-state index contributed by atoms with van der Waals surface area (Å²) in [6.07, 6.45) is 5.33. The van der Waals surface area contributed by atoms with Crippen molar-refractivity contribution < 1.29 is 4.42 Å². The van der Waals surface area contributed by atoms with Crippen LogP contribution in [0, 0.1) is 0 Å². The van der Waals surface area contributed by atoms with E-state index in [0.29, 0.717) is 6.04 Å². The van der Waals surface area contributed by atoms with E-state index in [1.54, 1.807) is 12.5 Å². The van der Waals surface area contributed by atoms with Gasteiger partial charge < -0.3 is 15.1 Å². The Morgan fingerprint density at radius 3 is 2.83 bits per heavy atom. The fourth-order valence-electron chi connectivity index (χ4n) is 1.46. The molecule has 4 nitrogen and oxygen atoms in total. The van der Waals surface area contributed by atoms with Gasteiger partial charge in [0.15, 0.2) is 0 Å². The van der Waals surface area contributed by atoms with Crippen molar-refractivity contribution in [1.29, 1.82) is 0 Å². The summed E-state index contributed by atoms with van der Waals surface area (Å²) in [7, 11) is 0. The van der Waals surface area contributed by atoms with E-state index in [0.717, 1.165) is 31.9 Å². The molecule has 66 valence electrons. The van der Waals surface area contributed by atoms with Crippen molar-refractivity contribution in [2.45, 2.75) is 18.9 Å². The van der Waals surface area contributed by atoms with Gasteiger partial charge in [0, 0.05) is 19.1 Å². The SMILES string of the molecule is NC1CCN(c2ncco2)CC1. The summed E-state index contributed by atoms with van der Waals surface area (Å²) >= 11 is 0. The number of hydrogen-bond acceptors (Lipinski definition) is 4. The van der Waals surface area contributed by atoms with Crippen molar-refractivity contribution in [1.82, 2.24) is 4.98 Å². The molecule has 0 amide bonds. The van der Waals surface area contributed by atoms with Crippen LogP contribution in [0.2, 0.25) is 0 Å². The Hall–Kier alpha value is -1.03. The number of rotatable bonds is 1. The number of nitrogens with two attached hydrogens (primary N) is 1. The lowest BCUT2D eigenvalue weighted by Gasteiger charge is -2.28. The van der Waals surface area contributed by atoms with E-state index >= 15 is 0 Å². The molecule has 1 aliphatic rings. The molecule has 0 aromatic carbocycles. The van der Waals surface area contributed by atoms with Crippen LogP contribution in [0.25, 0.3) is 0 Å². The summed E-state index contributed by atoms with van der Waals surface area (Å²) in [5, 5.41) is 0. The molecular weight excluding hydrogens is 154 g/mol. The number of aromatic nitrogens is 1. The maximum absolute atomic E-state index is 5.77. The zero-order valence-corrected chi connectivity index (χ0v) is 6.94. The standard InChI is InChI=1S/C8H13N3O/c9-7-1-4-11(5-2-7)8-10-3-6-12-8/h3,6-7H,1-2,4-5,9H2. The van der Waals surface area contributed by atoms with Gasteiger partial charge in [-0.1, -0.05) is 0 Å². The first-order chi connectivity index (χ1) is 5.86. The number of piperidine rings is 1. The molecule has 1 fully saturated rings. The summed E-state index contributed by atoms with van der Waals surface area (Å²) < 4.78 is 5.18. The largest absolute Gasteiger partial charge is 0.432 e. The van der Waals surface area contributed by atoms with Crippen LogP contribution in [0.15, 0.2) is 16.9 Å². The molecule has 0 radical (unpaired) electrons. The van der Waals surface area contributed by atoms with Crippen molar-refractivity contribution in [2.24, 2.45) is 5.73 Å². The molecule has 2 N–H and O–H groups in total. The molecule has 1 aromatic heterocycles. The molecule has 0 spiro atoms. The van der Waals surface area contributed by atoms with Crippen LogP contribution in [0.1, 0.15) is 12.8 Å². The number of hydrogen-bond donors (Lipinski definition) is 1. The molecule has 1 aliphatic heterocycles. The topological polar surface area (TPSA) is 55.3 Å². The highest BCUT2D eigenvalue weighted by molar-refractivity contribution is 5.25. The first kappa shape index (κ1) is 7.61. The Balaban J connectivity index is 1.99. The smallest absolute Gasteiger partial charge is 0.297 e. The molecule has 1 saturated heterocycles. The van der Waals surface area contributed by atoms with Crippen molar-refractivity contribution in [2.75, 3.05) is 18.0 Å². The van der Waals surface area contributed by atoms with Crippen molar-refractivity contribution >= 4 is 6.01 Å². The second kappa shape index (κ2) is 3.15. The van der Waals surface area contributed by atoms with Crippen LogP contribution >= 0.6 is 0 Å². The molecule has 4 heteroatoms. The second-order valence-electron chi connectivity index (χ2n) is 3.14. The van der Waals surface area contributed by atoms with E-state index in [2.05, 4.69) is 9.88 Å². The minimum absolute atomic E-state index is 0.358. The Morgan fingerprint density at radius 2 is 2.25 bits per heavy atom. The maximum atomic E-state index is 5.77. The zero-order valence-electron chi connectivity index (χ0n) is 6.94. The van der Waals surface area contributed by atoms with Crippen LogP contribution in [0.4, 0.5) is 6.01 Å². The Kier molecular flexibility index (Phi) is 1.99. The molecule has 0 aliphatic carbocycles. The Labute approximate surface area is 71.4 Å². The first-order valence-corrected chi connectivity index (χ1v) is 4.26. The molecule has 2 rings (SSSR count). The number of oxazole rings is 1. The molecule has 12 heavy (non-hydrogen) atoms. The highest BCUT2D eigenvalue weighted by Gasteiger charge is 2.18. The number of nitrogens with zero attached hydrogens (tertiary/aromatic N) is 2.